The first-order chi connectivity index (χ1) is 11.8. The molecule has 2 aromatic rings. The predicted octanol–water partition coefficient (Wildman–Crippen LogP) is 3.25. The van der Waals surface area contributed by atoms with Crippen molar-refractivity contribution in [3.8, 4) is 0 Å². The highest BCUT2D eigenvalue weighted by Crippen LogP contribution is 2.46. The van der Waals surface area contributed by atoms with Gasteiger partial charge in [0.05, 0.1) is 5.69 Å². The van der Waals surface area contributed by atoms with Gasteiger partial charge in [-0.05, 0) is 36.0 Å². The first-order valence-electron chi connectivity index (χ1n) is 8.82. The quantitative estimate of drug-likeness (QED) is 0.812. The molecule has 0 saturated carbocycles. The summed E-state index contributed by atoms with van der Waals surface area (Å²) in [6.07, 6.45) is 2.34. The van der Waals surface area contributed by atoms with Gasteiger partial charge in [0.1, 0.15) is 5.41 Å². The molecule has 25 heavy (non-hydrogen) atoms. The Hall–Kier alpha value is -2.20. The predicted molar refractivity (Wildman–Crippen MR) is 102 cm³/mol. The third-order valence-corrected chi connectivity index (χ3v) is 5.10. The van der Waals surface area contributed by atoms with Gasteiger partial charge in [-0.2, -0.15) is 0 Å². The number of nitrogens with zero attached hydrogens (tertiary/aromatic N) is 1. The third kappa shape index (κ3) is 3.19. The minimum absolute atomic E-state index is 0.0182. The van der Waals surface area contributed by atoms with Crippen molar-refractivity contribution in [3.63, 3.8) is 0 Å². The number of amides is 1. The van der Waals surface area contributed by atoms with E-state index in [9.17, 15) is 4.79 Å². The highest BCUT2D eigenvalue weighted by molar-refractivity contribution is 5.92. The number of carbonyl (C=O) groups is 1. The molecule has 1 aromatic heterocycles. The van der Waals surface area contributed by atoms with E-state index in [-0.39, 0.29) is 5.92 Å². The van der Waals surface area contributed by atoms with Crippen LogP contribution in [0, 0.1) is 11.8 Å². The monoisotopic (exact) mass is 339 g/mol. The SMILES string of the molecule is CC(C)CC(N)(C(C)C)[C@](C(N)=O)(c1ccccc1)c1ccccn1. The lowest BCUT2D eigenvalue weighted by Crippen LogP contribution is -2.68. The van der Waals surface area contributed by atoms with Crippen LogP contribution < -0.4 is 11.5 Å². The molecule has 0 bridgehead atoms. The van der Waals surface area contributed by atoms with Crippen LogP contribution in [0.1, 0.15) is 45.4 Å². The Morgan fingerprint density at radius 1 is 1.04 bits per heavy atom. The van der Waals surface area contributed by atoms with Crippen LogP contribution >= 0.6 is 0 Å². The largest absolute Gasteiger partial charge is 0.368 e. The maximum absolute atomic E-state index is 13.1. The zero-order chi connectivity index (χ0) is 18.7. The van der Waals surface area contributed by atoms with Crippen LogP contribution in [0.3, 0.4) is 0 Å². The fourth-order valence-electron chi connectivity index (χ4n) is 3.92. The molecule has 0 aliphatic carbocycles. The number of aromatic nitrogens is 1. The Balaban J connectivity index is 2.90. The standard InChI is InChI=1S/C21H29N3O/c1-15(2)14-20(23,16(3)4)21(19(22)25,17-10-6-5-7-11-17)18-12-8-9-13-24-18/h5-13,15-16H,14,23H2,1-4H3,(H2,22,25)/t20?,21-/m1/s1. The molecule has 4 heteroatoms. The molecule has 0 saturated heterocycles. The Morgan fingerprint density at radius 2 is 1.64 bits per heavy atom. The average Bonchev–Trinajstić information content (AvgIpc) is 2.56. The first-order valence-corrected chi connectivity index (χ1v) is 8.82. The van der Waals surface area contributed by atoms with E-state index in [4.69, 9.17) is 11.5 Å². The van der Waals surface area contributed by atoms with Gasteiger partial charge < -0.3 is 11.5 Å². The van der Waals surface area contributed by atoms with Gasteiger partial charge in [0, 0.05) is 11.7 Å². The van der Waals surface area contributed by atoms with Crippen molar-refractivity contribution in [1.29, 1.82) is 0 Å². The van der Waals surface area contributed by atoms with Crippen LogP contribution in [0.15, 0.2) is 54.7 Å². The van der Waals surface area contributed by atoms with E-state index in [0.29, 0.717) is 18.0 Å². The molecular weight excluding hydrogens is 310 g/mol. The topological polar surface area (TPSA) is 82.0 Å². The van der Waals surface area contributed by atoms with Crippen molar-refractivity contribution >= 4 is 5.91 Å². The van der Waals surface area contributed by atoms with E-state index in [1.165, 1.54) is 0 Å². The molecule has 0 radical (unpaired) electrons. The zero-order valence-corrected chi connectivity index (χ0v) is 15.6. The van der Waals surface area contributed by atoms with Crippen molar-refractivity contribution in [2.24, 2.45) is 23.3 Å². The lowest BCUT2D eigenvalue weighted by Gasteiger charge is -2.50. The van der Waals surface area contributed by atoms with E-state index in [0.717, 1.165) is 5.56 Å². The molecule has 1 amide bonds. The molecule has 1 heterocycles. The second kappa shape index (κ2) is 7.36. The summed E-state index contributed by atoms with van der Waals surface area (Å²) < 4.78 is 0. The summed E-state index contributed by atoms with van der Waals surface area (Å²) in [5, 5.41) is 0. The number of carbonyl (C=O) groups excluding carboxylic acids is 1. The summed E-state index contributed by atoms with van der Waals surface area (Å²) in [5.74, 6) is -0.141. The number of benzene rings is 1. The van der Waals surface area contributed by atoms with Gasteiger partial charge in [-0.25, -0.2) is 0 Å². The summed E-state index contributed by atoms with van der Waals surface area (Å²) in [6.45, 7) is 8.32. The molecule has 2 atom stereocenters. The van der Waals surface area contributed by atoms with Gasteiger partial charge in [0.2, 0.25) is 5.91 Å². The van der Waals surface area contributed by atoms with Crippen LogP contribution in [0.4, 0.5) is 0 Å². The zero-order valence-electron chi connectivity index (χ0n) is 15.6. The van der Waals surface area contributed by atoms with Crippen molar-refractivity contribution < 1.29 is 4.79 Å². The lowest BCUT2D eigenvalue weighted by atomic mass is 9.56. The fourth-order valence-corrected chi connectivity index (χ4v) is 3.92. The number of hydrogen-bond acceptors (Lipinski definition) is 3. The second-order valence-corrected chi connectivity index (χ2v) is 7.49. The molecule has 1 unspecified atom stereocenters. The Morgan fingerprint density at radius 3 is 2.08 bits per heavy atom. The summed E-state index contributed by atoms with van der Waals surface area (Å²) in [6, 6.07) is 15.1. The Labute approximate surface area is 150 Å². The molecule has 134 valence electrons. The summed E-state index contributed by atoms with van der Waals surface area (Å²) in [7, 11) is 0. The molecule has 0 fully saturated rings. The van der Waals surface area contributed by atoms with Gasteiger partial charge >= 0.3 is 0 Å². The van der Waals surface area contributed by atoms with Crippen LogP contribution in [-0.2, 0) is 10.2 Å². The number of primary amides is 1. The van der Waals surface area contributed by atoms with E-state index >= 15 is 0 Å². The highest BCUT2D eigenvalue weighted by Gasteiger charge is 2.58. The number of nitrogens with two attached hydrogens (primary N) is 2. The molecular formula is C21H29N3O. The molecule has 0 spiro atoms. The Bertz CT molecular complexity index is 658. The molecule has 1 aromatic carbocycles. The van der Waals surface area contributed by atoms with E-state index in [1.54, 1.807) is 6.20 Å². The highest BCUT2D eigenvalue weighted by atomic mass is 16.1. The number of pyridine rings is 1. The maximum Gasteiger partial charge on any atom is 0.236 e. The molecule has 4 nitrogen and oxygen atoms in total. The minimum atomic E-state index is -1.20. The number of rotatable bonds is 7. The first kappa shape index (κ1) is 19.1. The van der Waals surface area contributed by atoms with Crippen molar-refractivity contribution in [2.45, 2.75) is 45.1 Å². The van der Waals surface area contributed by atoms with Crippen LogP contribution in [0.25, 0.3) is 0 Å². The van der Waals surface area contributed by atoms with Gasteiger partial charge in [0.15, 0.2) is 0 Å². The lowest BCUT2D eigenvalue weighted by molar-refractivity contribution is -0.125. The van der Waals surface area contributed by atoms with Crippen LogP contribution in [0.2, 0.25) is 0 Å². The van der Waals surface area contributed by atoms with Gasteiger partial charge in [-0.1, -0.05) is 64.1 Å². The van der Waals surface area contributed by atoms with Crippen LogP contribution in [-0.4, -0.2) is 16.4 Å². The van der Waals surface area contributed by atoms with Gasteiger partial charge in [0.25, 0.3) is 0 Å². The summed E-state index contributed by atoms with van der Waals surface area (Å²) in [5.41, 5.74) is 12.4. The van der Waals surface area contributed by atoms with E-state index in [2.05, 4.69) is 18.8 Å². The molecule has 2 rings (SSSR count). The summed E-state index contributed by atoms with van der Waals surface area (Å²) in [4.78, 5) is 17.6. The summed E-state index contributed by atoms with van der Waals surface area (Å²) >= 11 is 0. The van der Waals surface area contributed by atoms with E-state index < -0.39 is 16.9 Å². The molecule has 0 aliphatic rings. The third-order valence-electron chi connectivity index (χ3n) is 5.10. The Kier molecular flexibility index (Phi) is 5.63. The maximum atomic E-state index is 13.1. The molecule has 4 N–H and O–H groups in total. The molecule has 0 aliphatic heterocycles. The van der Waals surface area contributed by atoms with Gasteiger partial charge in [-0.3, -0.25) is 9.78 Å². The normalized spacial score (nSPS) is 16.4. The fraction of sp³-hybridized carbons (Fsp3) is 0.429. The second-order valence-electron chi connectivity index (χ2n) is 7.49. The number of hydrogen-bond donors (Lipinski definition) is 2. The van der Waals surface area contributed by atoms with Crippen molar-refractivity contribution in [1.82, 2.24) is 4.98 Å². The average molecular weight is 339 g/mol. The smallest absolute Gasteiger partial charge is 0.236 e. The van der Waals surface area contributed by atoms with Crippen molar-refractivity contribution in [3.05, 3.63) is 66.0 Å². The minimum Gasteiger partial charge on any atom is -0.368 e. The van der Waals surface area contributed by atoms with Crippen LogP contribution in [0.5, 0.6) is 0 Å². The van der Waals surface area contributed by atoms with E-state index in [1.807, 2.05) is 62.4 Å². The van der Waals surface area contributed by atoms with Crippen molar-refractivity contribution in [2.75, 3.05) is 0 Å². The van der Waals surface area contributed by atoms with Gasteiger partial charge in [-0.15, -0.1) is 0 Å².